The van der Waals surface area contributed by atoms with Crippen molar-refractivity contribution in [3.63, 3.8) is 0 Å². The van der Waals surface area contributed by atoms with Crippen molar-refractivity contribution in [3.05, 3.63) is 59.8 Å². The molecule has 2 amide bonds. The molecule has 8 heteroatoms. The second kappa shape index (κ2) is 12.9. The molecule has 1 saturated heterocycles. The van der Waals surface area contributed by atoms with E-state index in [9.17, 15) is 9.59 Å². The zero-order valence-corrected chi connectivity index (χ0v) is 23.5. The Morgan fingerprint density at radius 3 is 2.79 bits per heavy atom. The molecule has 0 spiro atoms. The number of anilines is 1. The molecule has 38 heavy (non-hydrogen) atoms. The average Bonchev–Trinajstić information content (AvgIpc) is 3.49. The molecule has 0 bridgehead atoms. The lowest BCUT2D eigenvalue weighted by atomic mass is 9.94. The number of fused-ring (bicyclic) bond motifs is 2. The molecule has 3 heterocycles. The van der Waals surface area contributed by atoms with Crippen LogP contribution in [0.1, 0.15) is 63.6 Å². The van der Waals surface area contributed by atoms with E-state index >= 15 is 0 Å². The number of para-hydroxylation sites is 1. The van der Waals surface area contributed by atoms with E-state index in [0.717, 1.165) is 55.5 Å². The van der Waals surface area contributed by atoms with Gasteiger partial charge in [0.15, 0.2) is 5.13 Å². The van der Waals surface area contributed by atoms with Gasteiger partial charge in [0, 0.05) is 56.7 Å². The fraction of sp³-hybridized carbons (Fsp3) is 0.433. The molecular formula is C30H39N5O2S. The molecule has 4 aromatic rings. The number of benzene rings is 2. The summed E-state index contributed by atoms with van der Waals surface area (Å²) in [5.41, 5.74) is 10.4. The van der Waals surface area contributed by atoms with Gasteiger partial charge in [-0.15, -0.1) is 0 Å². The number of nitrogens with zero attached hydrogens (tertiary/aromatic N) is 3. The smallest absolute Gasteiger partial charge is 0.222 e. The SMILES string of the molecule is CC.CC(=O)NCCn1c(C2CCCN(C(=O)CCCc3ccc4nc(N)sc4c3)C2)cc2ccccc21. The number of thiazole rings is 1. The number of amides is 2. The van der Waals surface area contributed by atoms with Crippen LogP contribution in [0, 0.1) is 0 Å². The van der Waals surface area contributed by atoms with Crippen LogP contribution >= 0.6 is 11.3 Å². The van der Waals surface area contributed by atoms with Gasteiger partial charge in [0.05, 0.1) is 10.2 Å². The molecule has 7 nitrogen and oxygen atoms in total. The maximum Gasteiger partial charge on any atom is 0.222 e. The van der Waals surface area contributed by atoms with Crippen molar-refractivity contribution in [1.82, 2.24) is 19.8 Å². The Balaban J connectivity index is 0.00000164. The van der Waals surface area contributed by atoms with Gasteiger partial charge in [-0.2, -0.15) is 0 Å². The minimum absolute atomic E-state index is 0.0152. The summed E-state index contributed by atoms with van der Waals surface area (Å²) in [5.74, 6) is 0.522. The van der Waals surface area contributed by atoms with Gasteiger partial charge in [0.25, 0.3) is 0 Å². The molecule has 5 rings (SSSR count). The second-order valence-electron chi connectivity index (χ2n) is 9.65. The van der Waals surface area contributed by atoms with Crippen LogP contribution in [0.3, 0.4) is 0 Å². The van der Waals surface area contributed by atoms with Gasteiger partial charge in [0.2, 0.25) is 11.8 Å². The van der Waals surface area contributed by atoms with E-state index in [0.29, 0.717) is 24.0 Å². The number of aromatic nitrogens is 2. The van der Waals surface area contributed by atoms with Crippen molar-refractivity contribution >= 4 is 49.4 Å². The maximum absolute atomic E-state index is 13.1. The summed E-state index contributed by atoms with van der Waals surface area (Å²) in [6, 6.07) is 16.9. The Morgan fingerprint density at radius 1 is 1.16 bits per heavy atom. The van der Waals surface area contributed by atoms with E-state index in [2.05, 4.69) is 62.2 Å². The van der Waals surface area contributed by atoms with E-state index < -0.39 is 0 Å². The molecule has 202 valence electrons. The second-order valence-corrected chi connectivity index (χ2v) is 10.7. The minimum atomic E-state index is -0.0152. The number of piperidine rings is 1. The highest BCUT2D eigenvalue weighted by Crippen LogP contribution is 2.32. The van der Waals surface area contributed by atoms with Crippen molar-refractivity contribution in [2.75, 3.05) is 25.4 Å². The van der Waals surface area contributed by atoms with Gasteiger partial charge in [-0.1, -0.05) is 49.4 Å². The molecule has 0 radical (unpaired) electrons. The van der Waals surface area contributed by atoms with Crippen LogP contribution in [0.15, 0.2) is 48.5 Å². The Bertz CT molecular complexity index is 1390. The van der Waals surface area contributed by atoms with Crippen LogP contribution < -0.4 is 11.1 Å². The Hall–Kier alpha value is -3.39. The number of nitrogens with two attached hydrogens (primary N) is 1. The van der Waals surface area contributed by atoms with Gasteiger partial charge in [-0.25, -0.2) is 4.98 Å². The summed E-state index contributed by atoms with van der Waals surface area (Å²) in [7, 11) is 0. The molecule has 1 aliphatic heterocycles. The van der Waals surface area contributed by atoms with Gasteiger partial charge >= 0.3 is 0 Å². The third-order valence-corrected chi connectivity index (χ3v) is 7.92. The van der Waals surface area contributed by atoms with Crippen LogP contribution in [-0.4, -0.2) is 45.9 Å². The van der Waals surface area contributed by atoms with Crippen molar-refractivity contribution in [3.8, 4) is 0 Å². The quantitative estimate of drug-likeness (QED) is 0.303. The lowest BCUT2D eigenvalue weighted by Crippen LogP contribution is -2.39. The fourth-order valence-corrected chi connectivity index (χ4v) is 6.15. The van der Waals surface area contributed by atoms with Crippen LogP contribution in [0.4, 0.5) is 5.13 Å². The third kappa shape index (κ3) is 6.54. The van der Waals surface area contributed by atoms with Gasteiger partial charge in [-0.3, -0.25) is 9.59 Å². The molecule has 3 N–H and O–H groups in total. The predicted octanol–water partition coefficient (Wildman–Crippen LogP) is 5.72. The van der Waals surface area contributed by atoms with E-state index in [4.69, 9.17) is 5.73 Å². The van der Waals surface area contributed by atoms with Crippen LogP contribution in [0.25, 0.3) is 21.1 Å². The zero-order valence-electron chi connectivity index (χ0n) is 22.7. The summed E-state index contributed by atoms with van der Waals surface area (Å²) in [6.45, 7) is 8.45. The zero-order chi connectivity index (χ0) is 27.1. The molecule has 2 aromatic heterocycles. The number of carbonyl (C=O) groups excluding carboxylic acids is 2. The first-order valence-corrected chi connectivity index (χ1v) is 14.5. The van der Waals surface area contributed by atoms with Crippen LogP contribution in [0.2, 0.25) is 0 Å². The number of carbonyl (C=O) groups is 2. The van der Waals surface area contributed by atoms with Gasteiger partial charge in [0.1, 0.15) is 0 Å². The summed E-state index contributed by atoms with van der Waals surface area (Å²) in [6.07, 6.45) is 4.33. The van der Waals surface area contributed by atoms with Crippen molar-refractivity contribution in [1.29, 1.82) is 0 Å². The highest BCUT2D eigenvalue weighted by molar-refractivity contribution is 7.22. The summed E-state index contributed by atoms with van der Waals surface area (Å²) < 4.78 is 3.43. The predicted molar refractivity (Wildman–Crippen MR) is 157 cm³/mol. The van der Waals surface area contributed by atoms with Crippen LogP contribution in [0.5, 0.6) is 0 Å². The topological polar surface area (TPSA) is 93.2 Å². The molecule has 0 saturated carbocycles. The number of aryl methyl sites for hydroxylation is 1. The number of nitrogen functional groups attached to an aromatic ring is 1. The number of nitrogens with one attached hydrogen (secondary N) is 1. The average molecular weight is 534 g/mol. The number of hydrogen-bond acceptors (Lipinski definition) is 5. The Labute approximate surface area is 229 Å². The third-order valence-electron chi connectivity index (χ3n) is 7.07. The number of rotatable bonds is 8. The van der Waals surface area contributed by atoms with Crippen molar-refractivity contribution in [2.45, 2.75) is 65.3 Å². The Kier molecular flexibility index (Phi) is 9.39. The Morgan fingerprint density at radius 2 is 1.97 bits per heavy atom. The molecule has 2 aromatic carbocycles. The number of likely N-dealkylation sites (tertiary alicyclic amines) is 1. The highest BCUT2D eigenvalue weighted by atomic mass is 32.1. The molecule has 1 atom stereocenters. The van der Waals surface area contributed by atoms with Gasteiger partial charge < -0.3 is 20.5 Å². The van der Waals surface area contributed by atoms with E-state index in [1.165, 1.54) is 33.5 Å². The molecule has 0 aliphatic carbocycles. The molecule has 1 unspecified atom stereocenters. The van der Waals surface area contributed by atoms with E-state index in [1.54, 1.807) is 6.92 Å². The normalized spacial score (nSPS) is 15.3. The number of hydrogen-bond donors (Lipinski definition) is 2. The first kappa shape index (κ1) is 27.6. The largest absolute Gasteiger partial charge is 0.375 e. The highest BCUT2D eigenvalue weighted by Gasteiger charge is 2.27. The molecule has 1 fully saturated rings. The van der Waals surface area contributed by atoms with E-state index in [-0.39, 0.29) is 11.8 Å². The standard InChI is InChI=1S/C28H33N5O2S.C2H6/c1-19(34)30-13-15-33-24-9-3-2-7-21(24)17-25(33)22-8-5-14-32(18-22)27(35)10-4-6-20-11-12-23-26(16-20)36-28(29)31-23;1-2/h2-3,7,9,11-12,16-17,22H,4-6,8,10,13-15,18H2,1H3,(H2,29,31)(H,30,34);1-2H3. The first-order chi connectivity index (χ1) is 18.5. The summed E-state index contributed by atoms with van der Waals surface area (Å²) in [5, 5.41) is 4.72. The fourth-order valence-electron chi connectivity index (χ4n) is 5.35. The monoisotopic (exact) mass is 533 g/mol. The molecular weight excluding hydrogens is 494 g/mol. The van der Waals surface area contributed by atoms with Crippen molar-refractivity contribution < 1.29 is 9.59 Å². The molecule has 1 aliphatic rings. The first-order valence-electron chi connectivity index (χ1n) is 13.7. The van der Waals surface area contributed by atoms with E-state index in [1.807, 2.05) is 19.9 Å². The minimum Gasteiger partial charge on any atom is -0.375 e. The maximum atomic E-state index is 13.1. The van der Waals surface area contributed by atoms with Gasteiger partial charge in [-0.05, 0) is 60.9 Å². The summed E-state index contributed by atoms with van der Waals surface area (Å²) in [4.78, 5) is 30.9. The lowest BCUT2D eigenvalue weighted by molar-refractivity contribution is -0.132. The lowest BCUT2D eigenvalue weighted by Gasteiger charge is -2.33. The summed E-state index contributed by atoms with van der Waals surface area (Å²) >= 11 is 1.50. The van der Waals surface area contributed by atoms with Crippen molar-refractivity contribution in [2.24, 2.45) is 0 Å². The van der Waals surface area contributed by atoms with Crippen LogP contribution in [-0.2, 0) is 22.6 Å².